The lowest BCUT2D eigenvalue weighted by molar-refractivity contribution is 0.0754. The zero-order chi connectivity index (χ0) is 12.8. The molecule has 1 aromatic rings. The summed E-state index contributed by atoms with van der Waals surface area (Å²) in [5.74, 6) is -0.0656. The number of carbonyl (C=O) groups is 1. The van der Waals surface area contributed by atoms with E-state index in [1.165, 1.54) is 0 Å². The fraction of sp³-hybridized carbons (Fsp3) is 0.417. The van der Waals surface area contributed by atoms with E-state index in [1.54, 1.807) is 23.1 Å². The van der Waals surface area contributed by atoms with Gasteiger partial charge in [0.1, 0.15) is 0 Å². The Morgan fingerprint density at radius 2 is 2.18 bits per heavy atom. The van der Waals surface area contributed by atoms with Crippen molar-refractivity contribution in [3.63, 3.8) is 0 Å². The van der Waals surface area contributed by atoms with Crippen molar-refractivity contribution in [1.29, 1.82) is 0 Å². The Labute approximate surface area is 115 Å². The van der Waals surface area contributed by atoms with Crippen LogP contribution in [0.2, 0.25) is 5.02 Å². The van der Waals surface area contributed by atoms with Crippen molar-refractivity contribution < 1.29 is 9.90 Å². The van der Waals surface area contributed by atoms with Crippen LogP contribution in [0.4, 0.5) is 0 Å². The number of rotatable bonds is 5. The van der Waals surface area contributed by atoms with Crippen molar-refractivity contribution in [2.75, 3.05) is 19.7 Å². The largest absolute Gasteiger partial charge is 0.396 e. The molecule has 0 aliphatic rings. The molecular weight excluding hydrogens is 305 g/mol. The van der Waals surface area contributed by atoms with Crippen LogP contribution in [-0.4, -0.2) is 35.6 Å². The van der Waals surface area contributed by atoms with Gasteiger partial charge in [0, 0.05) is 34.8 Å². The number of carbonyl (C=O) groups excluding carboxylic acids is 1. The minimum Gasteiger partial charge on any atom is -0.396 e. The van der Waals surface area contributed by atoms with Crippen LogP contribution in [0, 0.1) is 0 Å². The van der Waals surface area contributed by atoms with Gasteiger partial charge in [-0.2, -0.15) is 0 Å². The van der Waals surface area contributed by atoms with Crippen LogP contribution in [0.25, 0.3) is 0 Å². The lowest BCUT2D eigenvalue weighted by Gasteiger charge is -2.20. The summed E-state index contributed by atoms with van der Waals surface area (Å²) in [5, 5.41) is 9.31. The smallest absolute Gasteiger partial charge is 0.253 e. The summed E-state index contributed by atoms with van der Waals surface area (Å²) in [6, 6.07) is 5.13. The highest BCUT2D eigenvalue weighted by molar-refractivity contribution is 9.10. The second-order valence-corrected chi connectivity index (χ2v) is 4.97. The molecule has 0 unspecified atom stereocenters. The first-order valence-corrected chi connectivity index (χ1v) is 6.61. The summed E-state index contributed by atoms with van der Waals surface area (Å²) in [6.07, 6.45) is 0.585. The number of hydrogen-bond donors (Lipinski definition) is 1. The molecule has 1 rings (SSSR count). The number of hydrogen-bond acceptors (Lipinski definition) is 2. The van der Waals surface area contributed by atoms with Crippen LogP contribution >= 0.6 is 27.5 Å². The van der Waals surface area contributed by atoms with E-state index < -0.39 is 0 Å². The maximum Gasteiger partial charge on any atom is 0.253 e. The SMILES string of the molecule is CCN(CCCO)C(=O)c1cc(Cl)cc(Br)c1. The van der Waals surface area contributed by atoms with Gasteiger partial charge < -0.3 is 10.0 Å². The lowest BCUT2D eigenvalue weighted by atomic mass is 10.2. The van der Waals surface area contributed by atoms with Gasteiger partial charge in [-0.05, 0) is 31.5 Å². The fourth-order valence-electron chi connectivity index (χ4n) is 1.52. The standard InChI is InChI=1S/C12H15BrClNO2/c1-2-15(4-3-5-16)12(17)9-6-10(13)8-11(14)7-9/h6-8,16H,2-5H2,1H3. The summed E-state index contributed by atoms with van der Waals surface area (Å²) in [7, 11) is 0. The molecule has 0 heterocycles. The van der Waals surface area contributed by atoms with E-state index in [0.717, 1.165) is 4.47 Å². The predicted octanol–water partition coefficient (Wildman–Crippen LogP) is 2.95. The number of amides is 1. The zero-order valence-corrected chi connectivity index (χ0v) is 12.0. The molecule has 0 saturated carbocycles. The summed E-state index contributed by atoms with van der Waals surface area (Å²) in [5.41, 5.74) is 0.559. The lowest BCUT2D eigenvalue weighted by Crippen LogP contribution is -2.32. The molecule has 3 nitrogen and oxygen atoms in total. The van der Waals surface area contributed by atoms with E-state index >= 15 is 0 Å². The Kier molecular flexibility index (Phi) is 5.95. The fourth-order valence-corrected chi connectivity index (χ4v) is 2.38. The van der Waals surface area contributed by atoms with Gasteiger partial charge in [0.15, 0.2) is 0 Å². The quantitative estimate of drug-likeness (QED) is 0.906. The van der Waals surface area contributed by atoms with Crippen molar-refractivity contribution in [1.82, 2.24) is 4.90 Å². The van der Waals surface area contributed by atoms with E-state index in [1.807, 2.05) is 6.92 Å². The average molecular weight is 321 g/mol. The molecule has 0 fully saturated rings. The van der Waals surface area contributed by atoms with Crippen LogP contribution in [0.3, 0.4) is 0 Å². The third-order valence-corrected chi connectivity index (χ3v) is 3.04. The first kappa shape index (κ1) is 14.5. The molecule has 0 spiro atoms. The number of aliphatic hydroxyl groups excluding tert-OH is 1. The second kappa shape index (κ2) is 6.99. The predicted molar refractivity (Wildman–Crippen MR) is 72.4 cm³/mol. The van der Waals surface area contributed by atoms with Gasteiger partial charge in [0.2, 0.25) is 0 Å². The minimum atomic E-state index is -0.0656. The van der Waals surface area contributed by atoms with Gasteiger partial charge >= 0.3 is 0 Å². The molecule has 94 valence electrons. The third-order valence-electron chi connectivity index (χ3n) is 2.36. The van der Waals surface area contributed by atoms with E-state index in [4.69, 9.17) is 16.7 Å². The zero-order valence-electron chi connectivity index (χ0n) is 9.62. The van der Waals surface area contributed by atoms with Gasteiger partial charge in [-0.3, -0.25) is 4.79 Å². The van der Waals surface area contributed by atoms with Crippen molar-refractivity contribution in [2.24, 2.45) is 0 Å². The normalized spacial score (nSPS) is 10.4. The average Bonchev–Trinajstić information content (AvgIpc) is 2.28. The molecule has 0 aromatic heterocycles. The van der Waals surface area contributed by atoms with Crippen molar-refractivity contribution in [3.05, 3.63) is 33.3 Å². The number of benzene rings is 1. The first-order chi connectivity index (χ1) is 8.08. The van der Waals surface area contributed by atoms with Gasteiger partial charge in [-0.1, -0.05) is 27.5 Å². The first-order valence-electron chi connectivity index (χ1n) is 5.44. The molecule has 0 bridgehead atoms. The van der Waals surface area contributed by atoms with Crippen LogP contribution in [0.5, 0.6) is 0 Å². The second-order valence-electron chi connectivity index (χ2n) is 3.62. The molecule has 1 aromatic carbocycles. The molecule has 5 heteroatoms. The molecule has 0 aliphatic heterocycles. The summed E-state index contributed by atoms with van der Waals surface area (Å²) >= 11 is 9.22. The van der Waals surface area contributed by atoms with Gasteiger partial charge in [0.25, 0.3) is 5.91 Å². The monoisotopic (exact) mass is 319 g/mol. The van der Waals surface area contributed by atoms with Gasteiger partial charge in [-0.15, -0.1) is 0 Å². The molecule has 17 heavy (non-hydrogen) atoms. The molecule has 0 saturated heterocycles. The maximum atomic E-state index is 12.2. The van der Waals surface area contributed by atoms with Crippen LogP contribution in [0.1, 0.15) is 23.7 Å². The highest BCUT2D eigenvalue weighted by Gasteiger charge is 2.14. The van der Waals surface area contributed by atoms with E-state index in [0.29, 0.717) is 30.1 Å². The molecule has 1 amide bonds. The topological polar surface area (TPSA) is 40.5 Å². The molecule has 0 radical (unpaired) electrons. The Hall–Kier alpha value is -0.580. The highest BCUT2D eigenvalue weighted by atomic mass is 79.9. The van der Waals surface area contributed by atoms with E-state index in [-0.39, 0.29) is 12.5 Å². The highest BCUT2D eigenvalue weighted by Crippen LogP contribution is 2.20. The van der Waals surface area contributed by atoms with Crippen LogP contribution in [0.15, 0.2) is 22.7 Å². The van der Waals surface area contributed by atoms with Gasteiger partial charge in [-0.25, -0.2) is 0 Å². The number of aliphatic hydroxyl groups is 1. The third kappa shape index (κ3) is 4.30. The van der Waals surface area contributed by atoms with Crippen molar-refractivity contribution in [3.8, 4) is 0 Å². The Morgan fingerprint density at radius 3 is 2.71 bits per heavy atom. The van der Waals surface area contributed by atoms with Crippen molar-refractivity contribution in [2.45, 2.75) is 13.3 Å². The van der Waals surface area contributed by atoms with Crippen molar-refractivity contribution >= 4 is 33.4 Å². The van der Waals surface area contributed by atoms with E-state index in [9.17, 15) is 4.79 Å². The molecule has 1 N–H and O–H groups in total. The number of halogens is 2. The summed E-state index contributed by atoms with van der Waals surface area (Å²) in [4.78, 5) is 13.8. The van der Waals surface area contributed by atoms with Crippen LogP contribution in [-0.2, 0) is 0 Å². The molecule has 0 aliphatic carbocycles. The van der Waals surface area contributed by atoms with Gasteiger partial charge in [0.05, 0.1) is 0 Å². The maximum absolute atomic E-state index is 12.2. The Morgan fingerprint density at radius 1 is 1.47 bits per heavy atom. The van der Waals surface area contributed by atoms with E-state index in [2.05, 4.69) is 15.9 Å². The Bertz CT molecular complexity index is 378. The Balaban J connectivity index is 2.85. The summed E-state index contributed by atoms with van der Waals surface area (Å²) in [6.45, 7) is 3.16. The summed E-state index contributed by atoms with van der Waals surface area (Å²) < 4.78 is 0.784. The number of nitrogens with zero attached hydrogens (tertiary/aromatic N) is 1. The molecule has 0 atom stereocenters. The van der Waals surface area contributed by atoms with Crippen LogP contribution < -0.4 is 0 Å². The molecular formula is C12H15BrClNO2. The minimum absolute atomic E-state index is 0.0656.